The van der Waals surface area contributed by atoms with Crippen molar-refractivity contribution in [2.24, 2.45) is 0 Å². The van der Waals surface area contributed by atoms with Gasteiger partial charge in [-0.3, -0.25) is 4.98 Å². The summed E-state index contributed by atoms with van der Waals surface area (Å²) >= 11 is 14.8. The molecule has 0 fully saturated rings. The fourth-order valence-electron chi connectivity index (χ4n) is 2.18. The summed E-state index contributed by atoms with van der Waals surface area (Å²) in [6.45, 7) is 3.11. The molecule has 5 heteroatoms. The van der Waals surface area contributed by atoms with Gasteiger partial charge in [-0.1, -0.05) is 30.1 Å². The molecule has 2 nitrogen and oxygen atoms in total. The Kier molecular flexibility index (Phi) is 6.74. The van der Waals surface area contributed by atoms with Crippen LogP contribution in [0.5, 0.6) is 0 Å². The first kappa shape index (κ1) is 17.0. The standard InChI is InChI=1S/C16H17Cl2IN2/c1-2-6-21-16(8-11-5-7-20-10-14(11)18)13-9-12(17)3-4-15(13)19/h3-5,7,9-10,16,21H,2,6,8H2,1H3. The normalized spacial score (nSPS) is 12.4. The fraction of sp³-hybridized carbons (Fsp3) is 0.312. The highest BCUT2D eigenvalue weighted by Crippen LogP contribution is 2.28. The van der Waals surface area contributed by atoms with E-state index < -0.39 is 0 Å². The predicted molar refractivity (Wildman–Crippen MR) is 98.2 cm³/mol. The van der Waals surface area contributed by atoms with Crippen LogP contribution in [-0.4, -0.2) is 11.5 Å². The van der Waals surface area contributed by atoms with Gasteiger partial charge >= 0.3 is 0 Å². The molecule has 2 aromatic rings. The van der Waals surface area contributed by atoms with Crippen molar-refractivity contribution in [3.8, 4) is 0 Å². The molecular formula is C16H17Cl2IN2. The highest BCUT2D eigenvalue weighted by molar-refractivity contribution is 14.1. The summed E-state index contributed by atoms with van der Waals surface area (Å²) in [7, 11) is 0. The van der Waals surface area contributed by atoms with Crippen molar-refractivity contribution < 1.29 is 0 Å². The fourth-order valence-corrected chi connectivity index (χ4v) is 3.27. The van der Waals surface area contributed by atoms with Crippen molar-refractivity contribution in [3.05, 3.63) is 61.4 Å². The van der Waals surface area contributed by atoms with Crippen molar-refractivity contribution in [2.75, 3.05) is 6.54 Å². The van der Waals surface area contributed by atoms with Crippen LogP contribution >= 0.6 is 45.8 Å². The maximum absolute atomic E-state index is 6.24. The van der Waals surface area contributed by atoms with Gasteiger partial charge in [0.2, 0.25) is 0 Å². The summed E-state index contributed by atoms with van der Waals surface area (Å²) in [5.41, 5.74) is 2.31. The summed E-state index contributed by atoms with van der Waals surface area (Å²) in [6, 6.07) is 8.16. The van der Waals surface area contributed by atoms with E-state index in [1.165, 1.54) is 9.13 Å². The number of nitrogens with zero attached hydrogens (tertiary/aromatic N) is 1. The number of hydrogen-bond donors (Lipinski definition) is 1. The van der Waals surface area contributed by atoms with Crippen LogP contribution in [0.2, 0.25) is 10.0 Å². The predicted octanol–water partition coefficient (Wildman–Crippen LogP) is 5.28. The molecule has 21 heavy (non-hydrogen) atoms. The van der Waals surface area contributed by atoms with E-state index in [1.54, 1.807) is 12.4 Å². The van der Waals surface area contributed by atoms with Crippen LogP contribution in [0.4, 0.5) is 0 Å². The van der Waals surface area contributed by atoms with Crippen molar-refractivity contribution >= 4 is 45.8 Å². The Bertz CT molecular complexity index is 605. The van der Waals surface area contributed by atoms with E-state index in [2.05, 4.69) is 39.8 Å². The third kappa shape index (κ3) is 4.81. The maximum atomic E-state index is 6.24. The number of pyridine rings is 1. The van der Waals surface area contributed by atoms with Crippen LogP contribution in [0.1, 0.15) is 30.5 Å². The molecule has 1 aromatic carbocycles. The number of hydrogen-bond acceptors (Lipinski definition) is 2. The average molecular weight is 435 g/mol. The first-order valence-corrected chi connectivity index (χ1v) is 8.72. The van der Waals surface area contributed by atoms with Gasteiger partial charge < -0.3 is 5.32 Å². The Morgan fingerprint density at radius 2 is 2.10 bits per heavy atom. The highest BCUT2D eigenvalue weighted by Gasteiger charge is 2.16. The van der Waals surface area contributed by atoms with Crippen molar-refractivity contribution in [3.63, 3.8) is 0 Å². The summed E-state index contributed by atoms with van der Waals surface area (Å²) in [4.78, 5) is 4.04. The second-order valence-electron chi connectivity index (χ2n) is 4.84. The minimum Gasteiger partial charge on any atom is -0.310 e. The topological polar surface area (TPSA) is 24.9 Å². The third-order valence-corrected chi connectivity index (χ3v) is 4.81. The minimum atomic E-state index is 0.190. The van der Waals surface area contributed by atoms with Gasteiger partial charge in [-0.05, 0) is 77.4 Å². The lowest BCUT2D eigenvalue weighted by Crippen LogP contribution is -2.25. The smallest absolute Gasteiger partial charge is 0.0622 e. The molecule has 112 valence electrons. The van der Waals surface area contributed by atoms with Crippen LogP contribution < -0.4 is 5.32 Å². The Morgan fingerprint density at radius 3 is 2.81 bits per heavy atom. The minimum absolute atomic E-state index is 0.190. The summed E-state index contributed by atoms with van der Waals surface area (Å²) < 4.78 is 1.20. The largest absolute Gasteiger partial charge is 0.310 e. The lowest BCUT2D eigenvalue weighted by molar-refractivity contribution is 0.527. The molecule has 1 heterocycles. The Morgan fingerprint density at radius 1 is 1.29 bits per heavy atom. The first-order valence-electron chi connectivity index (χ1n) is 6.88. The number of benzene rings is 1. The Balaban J connectivity index is 2.30. The van der Waals surface area contributed by atoms with Gasteiger partial charge in [0.05, 0.1) is 5.02 Å². The van der Waals surface area contributed by atoms with Gasteiger partial charge in [0.1, 0.15) is 0 Å². The van der Waals surface area contributed by atoms with E-state index in [9.17, 15) is 0 Å². The SMILES string of the molecule is CCCNC(Cc1ccncc1Cl)c1cc(Cl)ccc1I. The second kappa shape index (κ2) is 8.32. The Labute approximate surface area is 149 Å². The maximum Gasteiger partial charge on any atom is 0.0622 e. The van der Waals surface area contributed by atoms with Gasteiger partial charge in [-0.25, -0.2) is 0 Å². The van der Waals surface area contributed by atoms with E-state index >= 15 is 0 Å². The van der Waals surface area contributed by atoms with Crippen LogP contribution in [0.25, 0.3) is 0 Å². The highest BCUT2D eigenvalue weighted by atomic mass is 127. The molecule has 0 bridgehead atoms. The molecule has 0 aliphatic heterocycles. The molecule has 0 radical (unpaired) electrons. The first-order chi connectivity index (χ1) is 10.1. The van der Waals surface area contributed by atoms with E-state index in [1.807, 2.05) is 24.3 Å². The van der Waals surface area contributed by atoms with Crippen LogP contribution in [0, 0.1) is 3.57 Å². The van der Waals surface area contributed by atoms with Crippen molar-refractivity contribution in [1.29, 1.82) is 0 Å². The van der Waals surface area contributed by atoms with Crippen molar-refractivity contribution in [1.82, 2.24) is 10.3 Å². The molecule has 0 aliphatic carbocycles. The molecule has 0 saturated heterocycles. The van der Waals surface area contributed by atoms with Gasteiger partial charge in [0.25, 0.3) is 0 Å². The molecular weight excluding hydrogens is 418 g/mol. The molecule has 0 spiro atoms. The Hall–Kier alpha value is -0.360. The van der Waals surface area contributed by atoms with E-state index in [-0.39, 0.29) is 6.04 Å². The van der Waals surface area contributed by atoms with Crippen molar-refractivity contribution in [2.45, 2.75) is 25.8 Å². The zero-order chi connectivity index (χ0) is 15.2. The summed E-state index contributed by atoms with van der Waals surface area (Å²) in [6.07, 6.45) is 5.37. The van der Waals surface area contributed by atoms with Crippen LogP contribution in [-0.2, 0) is 6.42 Å². The number of nitrogens with one attached hydrogen (secondary N) is 1. The van der Waals surface area contributed by atoms with Crippen LogP contribution in [0.15, 0.2) is 36.7 Å². The van der Waals surface area contributed by atoms with Gasteiger partial charge in [0, 0.05) is 27.0 Å². The number of aromatic nitrogens is 1. The summed E-state index contributed by atoms with van der Waals surface area (Å²) in [5.74, 6) is 0. The number of rotatable bonds is 6. The summed E-state index contributed by atoms with van der Waals surface area (Å²) in [5, 5.41) is 5.05. The molecule has 1 atom stereocenters. The molecule has 1 aromatic heterocycles. The zero-order valence-electron chi connectivity index (χ0n) is 11.7. The van der Waals surface area contributed by atoms with Gasteiger partial charge in [-0.2, -0.15) is 0 Å². The van der Waals surface area contributed by atoms with Gasteiger partial charge in [0.15, 0.2) is 0 Å². The number of halogens is 3. The van der Waals surface area contributed by atoms with Gasteiger partial charge in [-0.15, -0.1) is 0 Å². The van der Waals surface area contributed by atoms with E-state index in [4.69, 9.17) is 23.2 Å². The molecule has 0 saturated carbocycles. The zero-order valence-corrected chi connectivity index (χ0v) is 15.4. The molecule has 1 N–H and O–H groups in total. The van der Waals surface area contributed by atoms with Crippen LogP contribution in [0.3, 0.4) is 0 Å². The second-order valence-corrected chi connectivity index (χ2v) is 6.85. The quantitative estimate of drug-likeness (QED) is 0.626. The third-order valence-electron chi connectivity index (χ3n) is 3.25. The monoisotopic (exact) mass is 434 g/mol. The molecule has 0 aliphatic rings. The lowest BCUT2D eigenvalue weighted by Gasteiger charge is -2.21. The van der Waals surface area contributed by atoms with E-state index in [0.29, 0.717) is 5.02 Å². The van der Waals surface area contributed by atoms with E-state index in [0.717, 1.165) is 30.0 Å². The molecule has 0 amide bonds. The molecule has 1 unspecified atom stereocenters. The lowest BCUT2D eigenvalue weighted by atomic mass is 9.99. The molecule has 2 rings (SSSR count). The average Bonchev–Trinajstić information content (AvgIpc) is 2.48.